The first-order valence-corrected chi connectivity index (χ1v) is 13.7. The minimum atomic E-state index is -0.209. The first-order chi connectivity index (χ1) is 15.4. The molecule has 182 valence electrons. The Balaban J connectivity index is 1.57. The highest BCUT2D eigenvalue weighted by Gasteiger charge is 2.71. The van der Waals surface area contributed by atoms with Crippen LogP contribution in [0.3, 0.4) is 0 Å². The zero-order chi connectivity index (χ0) is 24.0. The van der Waals surface area contributed by atoms with Crippen LogP contribution in [0.25, 0.3) is 0 Å². The smallest absolute Gasteiger partial charge is 0.235 e. The van der Waals surface area contributed by atoms with Gasteiger partial charge in [-0.2, -0.15) is 4.99 Å². The van der Waals surface area contributed by atoms with Crippen molar-refractivity contribution in [2.24, 2.45) is 56.2 Å². The van der Waals surface area contributed by atoms with E-state index < -0.39 is 0 Å². The summed E-state index contributed by atoms with van der Waals surface area (Å²) in [6.45, 7) is 18.8. The van der Waals surface area contributed by atoms with Crippen LogP contribution in [0.1, 0.15) is 106 Å². The Morgan fingerprint density at radius 1 is 0.909 bits per heavy atom. The van der Waals surface area contributed by atoms with Crippen molar-refractivity contribution in [3.05, 3.63) is 12.2 Å². The van der Waals surface area contributed by atoms with Crippen LogP contribution < -0.4 is 0 Å². The summed E-state index contributed by atoms with van der Waals surface area (Å²) in [6.07, 6.45) is 13.1. The highest BCUT2D eigenvalue weighted by Crippen LogP contribution is 2.76. The number of hydrogen-bond acceptors (Lipinski definition) is 3. The molecule has 0 aliphatic heterocycles. The monoisotopic (exact) mass is 451 g/mol. The van der Waals surface area contributed by atoms with E-state index in [1.165, 1.54) is 37.7 Å². The number of aliphatic imine (C=N–C) groups is 1. The maximum atomic E-state index is 12.9. The van der Waals surface area contributed by atoms with Crippen molar-refractivity contribution in [3.63, 3.8) is 0 Å². The number of carbonyl (C=O) groups is 1. The molecule has 3 unspecified atom stereocenters. The molecule has 0 saturated heterocycles. The van der Waals surface area contributed by atoms with Crippen LogP contribution in [0.15, 0.2) is 17.1 Å². The maximum absolute atomic E-state index is 12.9. The Kier molecular flexibility index (Phi) is 5.10. The molecule has 0 N–H and O–H groups in total. The number of fused-ring (bicyclic) bond motifs is 7. The van der Waals surface area contributed by atoms with E-state index in [0.717, 1.165) is 32.1 Å². The Labute approximate surface area is 201 Å². The fourth-order valence-electron chi connectivity index (χ4n) is 11.2. The van der Waals surface area contributed by atoms with Crippen molar-refractivity contribution in [1.82, 2.24) is 0 Å². The molecule has 0 radical (unpaired) electrons. The molecular formula is C30H45NO2. The lowest BCUT2D eigenvalue weighted by Crippen LogP contribution is -2.66. The highest BCUT2D eigenvalue weighted by molar-refractivity contribution is 5.85. The van der Waals surface area contributed by atoms with Crippen LogP contribution >= 0.6 is 0 Å². The summed E-state index contributed by atoms with van der Waals surface area (Å²) in [7, 11) is 0. The Hall–Kier alpha value is -1.21. The van der Waals surface area contributed by atoms with Crippen molar-refractivity contribution in [2.45, 2.75) is 111 Å². The second-order valence-corrected chi connectivity index (χ2v) is 14.1. The van der Waals surface area contributed by atoms with Crippen LogP contribution in [0.5, 0.6) is 0 Å². The number of carbonyl (C=O) groups excluding carboxylic acids is 2. The van der Waals surface area contributed by atoms with Gasteiger partial charge in [0.2, 0.25) is 6.08 Å². The minimum Gasteiger partial charge on any atom is -0.299 e. The van der Waals surface area contributed by atoms with Gasteiger partial charge in [0.25, 0.3) is 0 Å². The van der Waals surface area contributed by atoms with Gasteiger partial charge in [-0.3, -0.25) is 4.79 Å². The maximum Gasteiger partial charge on any atom is 0.235 e. The number of isocyanates is 1. The summed E-state index contributed by atoms with van der Waals surface area (Å²) in [4.78, 5) is 29.1. The third-order valence-corrected chi connectivity index (χ3v) is 13.0. The van der Waals surface area contributed by atoms with Crippen molar-refractivity contribution in [1.29, 1.82) is 0 Å². The second kappa shape index (κ2) is 7.16. The molecule has 5 fully saturated rings. The van der Waals surface area contributed by atoms with E-state index >= 15 is 0 Å². The molecule has 9 atom stereocenters. The van der Waals surface area contributed by atoms with Gasteiger partial charge in [0, 0.05) is 11.8 Å². The summed E-state index contributed by atoms with van der Waals surface area (Å²) < 4.78 is 0. The SMILES string of the molecule is C=C(C)[C@@H]1CC[C@]2(N=C=O)CC[C@@]3(C)C(CC[C@@H]4[C@@]5(C)CCC(=O)C(C)(C)C5CC[C@]43C)C12. The van der Waals surface area contributed by atoms with Gasteiger partial charge in [-0.25, -0.2) is 4.79 Å². The molecule has 0 aromatic carbocycles. The molecule has 5 saturated carbocycles. The first-order valence-electron chi connectivity index (χ1n) is 13.7. The summed E-state index contributed by atoms with van der Waals surface area (Å²) in [6, 6.07) is 0. The van der Waals surface area contributed by atoms with Crippen molar-refractivity contribution < 1.29 is 9.59 Å². The fourth-order valence-corrected chi connectivity index (χ4v) is 11.2. The van der Waals surface area contributed by atoms with E-state index in [1.54, 1.807) is 0 Å². The van der Waals surface area contributed by atoms with Crippen LogP contribution in [-0.2, 0) is 9.59 Å². The van der Waals surface area contributed by atoms with Gasteiger partial charge in [0.1, 0.15) is 5.78 Å². The lowest BCUT2D eigenvalue weighted by atomic mass is 9.32. The van der Waals surface area contributed by atoms with Crippen LogP contribution in [0.2, 0.25) is 0 Å². The van der Waals surface area contributed by atoms with Crippen LogP contribution in [0.4, 0.5) is 0 Å². The standard InChI is InChI=1S/C30H45NO2/c1-19(2)20-10-15-30(31-18-32)17-16-28(6)21(25(20)30)8-9-23-27(5)13-12-24(33)26(3,4)22(27)11-14-29(23,28)7/h20-23,25H,1,8-17H2,2-7H3/t20-,21?,22?,23+,25?,27-,28-,29+,30-/m0/s1. The first kappa shape index (κ1) is 23.5. The van der Waals surface area contributed by atoms with Crippen molar-refractivity contribution >= 4 is 11.9 Å². The predicted molar refractivity (Wildman–Crippen MR) is 132 cm³/mol. The average Bonchev–Trinajstić information content (AvgIpc) is 3.12. The lowest BCUT2D eigenvalue weighted by molar-refractivity contribution is -0.227. The molecule has 0 spiro atoms. The quantitative estimate of drug-likeness (QED) is 0.251. The van der Waals surface area contributed by atoms with E-state index in [9.17, 15) is 9.59 Å². The molecular weight excluding hydrogens is 406 g/mol. The highest BCUT2D eigenvalue weighted by atomic mass is 16.1. The molecule has 0 amide bonds. The van der Waals surface area contributed by atoms with Crippen LogP contribution in [0, 0.1) is 51.2 Å². The number of allylic oxidation sites excluding steroid dienone is 1. The van der Waals surface area contributed by atoms with Crippen molar-refractivity contribution in [3.8, 4) is 0 Å². The number of ketones is 1. The average molecular weight is 452 g/mol. The Bertz CT molecular complexity index is 930. The fraction of sp³-hybridized carbons (Fsp3) is 0.867. The number of hydrogen-bond donors (Lipinski definition) is 0. The number of nitrogens with zero attached hydrogens (tertiary/aromatic N) is 1. The van der Waals surface area contributed by atoms with E-state index in [1.807, 2.05) is 6.08 Å². The third-order valence-electron chi connectivity index (χ3n) is 13.0. The Morgan fingerprint density at radius 2 is 1.64 bits per heavy atom. The largest absolute Gasteiger partial charge is 0.299 e. The van der Waals surface area contributed by atoms with E-state index in [0.29, 0.717) is 35.4 Å². The van der Waals surface area contributed by atoms with Gasteiger partial charge >= 0.3 is 0 Å². The van der Waals surface area contributed by atoms with Gasteiger partial charge in [0.15, 0.2) is 0 Å². The Morgan fingerprint density at radius 3 is 2.30 bits per heavy atom. The third kappa shape index (κ3) is 2.78. The van der Waals surface area contributed by atoms with Gasteiger partial charge in [0.05, 0.1) is 5.54 Å². The van der Waals surface area contributed by atoms with E-state index in [2.05, 4.69) is 53.1 Å². The lowest BCUT2D eigenvalue weighted by Gasteiger charge is -2.72. The zero-order valence-corrected chi connectivity index (χ0v) is 21.9. The number of Topliss-reactive ketones (excluding diaryl/α,β-unsaturated/α-hetero) is 1. The topological polar surface area (TPSA) is 46.5 Å². The molecule has 0 aromatic rings. The second-order valence-electron chi connectivity index (χ2n) is 14.1. The molecule has 0 aromatic heterocycles. The van der Waals surface area contributed by atoms with E-state index in [-0.39, 0.29) is 27.2 Å². The predicted octanol–water partition coefficient (Wildman–Crippen LogP) is 7.30. The summed E-state index contributed by atoms with van der Waals surface area (Å²) in [5.41, 5.74) is 1.65. The van der Waals surface area contributed by atoms with Gasteiger partial charge in [-0.05, 0) is 111 Å². The summed E-state index contributed by atoms with van der Waals surface area (Å²) in [5, 5.41) is 0. The molecule has 5 aliphatic rings. The van der Waals surface area contributed by atoms with Gasteiger partial charge in [-0.15, -0.1) is 0 Å². The summed E-state index contributed by atoms with van der Waals surface area (Å²) in [5.74, 6) is 3.16. The van der Waals surface area contributed by atoms with Gasteiger partial charge < -0.3 is 0 Å². The van der Waals surface area contributed by atoms with Crippen molar-refractivity contribution in [2.75, 3.05) is 0 Å². The van der Waals surface area contributed by atoms with E-state index in [4.69, 9.17) is 0 Å². The van der Waals surface area contributed by atoms with Crippen LogP contribution in [-0.4, -0.2) is 17.4 Å². The zero-order valence-electron chi connectivity index (χ0n) is 21.9. The molecule has 0 bridgehead atoms. The molecule has 5 aliphatic carbocycles. The van der Waals surface area contributed by atoms with Gasteiger partial charge in [-0.1, -0.05) is 46.8 Å². The molecule has 5 rings (SSSR count). The molecule has 33 heavy (non-hydrogen) atoms. The normalized spacial score (nSPS) is 52.5. The summed E-state index contributed by atoms with van der Waals surface area (Å²) >= 11 is 0. The molecule has 3 nitrogen and oxygen atoms in total. The molecule has 0 heterocycles. The molecule has 3 heteroatoms. The number of rotatable bonds is 2. The minimum absolute atomic E-state index is 0.191.